The summed E-state index contributed by atoms with van der Waals surface area (Å²) in [6, 6.07) is 5.21. The summed E-state index contributed by atoms with van der Waals surface area (Å²) < 4.78 is 65.8. The van der Waals surface area contributed by atoms with Gasteiger partial charge in [0.15, 0.2) is 5.76 Å². The second-order valence-corrected chi connectivity index (χ2v) is 8.89. The number of carbonyl (C=O) groups excluding carboxylic acids is 2. The Morgan fingerprint density at radius 2 is 1.70 bits per heavy atom. The number of nitrogens with one attached hydrogen (secondary N) is 1. The van der Waals surface area contributed by atoms with Crippen LogP contribution in [-0.4, -0.2) is 49.8 Å². The van der Waals surface area contributed by atoms with Gasteiger partial charge in [-0.2, -0.15) is 13.2 Å². The summed E-state index contributed by atoms with van der Waals surface area (Å²) in [6.07, 6.45) is 2.42. The van der Waals surface area contributed by atoms with Crippen LogP contribution in [0.3, 0.4) is 0 Å². The number of aryl methyl sites for hydroxylation is 1. The van der Waals surface area contributed by atoms with E-state index >= 15 is 0 Å². The third kappa shape index (κ3) is 4.35. The number of furan rings is 1. The molecule has 2 amide bonds. The van der Waals surface area contributed by atoms with Crippen LogP contribution in [0, 0.1) is 6.92 Å². The van der Waals surface area contributed by atoms with Crippen molar-refractivity contribution in [1.29, 1.82) is 0 Å². The average Bonchev–Trinajstić information content (AvgIpc) is 3.13. The van der Waals surface area contributed by atoms with Crippen LogP contribution in [0.25, 0.3) is 0 Å². The molecule has 7 nitrogen and oxygen atoms in total. The van der Waals surface area contributed by atoms with Crippen molar-refractivity contribution in [3.8, 4) is 0 Å². The number of hydrogen-bond donors (Lipinski definition) is 1. The van der Waals surface area contributed by atoms with Gasteiger partial charge in [0.2, 0.25) is 0 Å². The van der Waals surface area contributed by atoms with E-state index in [-0.39, 0.29) is 23.3 Å². The number of sulfone groups is 1. The molecule has 0 bridgehead atoms. The van der Waals surface area contributed by atoms with Crippen molar-refractivity contribution >= 4 is 21.7 Å². The molecule has 11 heteroatoms. The predicted octanol–water partition coefficient (Wildman–Crippen LogP) is 2.92. The van der Waals surface area contributed by atoms with E-state index in [1.807, 2.05) is 0 Å². The third-order valence-electron chi connectivity index (χ3n) is 4.90. The van der Waals surface area contributed by atoms with Gasteiger partial charge in [0, 0.05) is 30.3 Å². The molecule has 1 N–H and O–H groups in total. The van der Waals surface area contributed by atoms with Crippen molar-refractivity contribution in [1.82, 2.24) is 10.2 Å². The summed E-state index contributed by atoms with van der Waals surface area (Å²) in [5, 5.41) is 2.86. The molecule has 3 rings (SSSR count). The Balaban J connectivity index is 1.59. The maximum absolute atomic E-state index is 12.6. The maximum atomic E-state index is 12.6. The van der Waals surface area contributed by atoms with Crippen molar-refractivity contribution in [2.24, 2.45) is 0 Å². The van der Waals surface area contributed by atoms with E-state index < -0.39 is 26.1 Å². The minimum Gasteiger partial charge on any atom is -0.459 e. The highest BCUT2D eigenvalue weighted by molar-refractivity contribution is 7.92. The highest BCUT2D eigenvalue weighted by atomic mass is 32.2. The van der Waals surface area contributed by atoms with E-state index in [4.69, 9.17) is 4.42 Å². The quantitative estimate of drug-likeness (QED) is 0.782. The van der Waals surface area contributed by atoms with E-state index in [1.54, 1.807) is 13.0 Å². The molecule has 1 aliphatic heterocycles. The average molecular weight is 444 g/mol. The standard InChI is InChI=1S/C19H19F3N2O5S/c1-12-8-11-29-16(12)17(25)23-14-6-9-24(10-7-14)18(26)13-2-4-15(5-3-13)30(27,28)19(20,21)22/h2-5,8,11,14H,6-7,9-10H2,1H3,(H,23,25). The lowest BCUT2D eigenvalue weighted by atomic mass is 10.0. The number of hydrogen-bond acceptors (Lipinski definition) is 5. The Labute approximate surface area is 170 Å². The van der Waals surface area contributed by atoms with Gasteiger partial charge in [-0.3, -0.25) is 9.59 Å². The molecule has 0 saturated carbocycles. The third-order valence-corrected chi connectivity index (χ3v) is 6.40. The molecule has 0 atom stereocenters. The second kappa shape index (κ2) is 8.13. The summed E-state index contributed by atoms with van der Waals surface area (Å²) in [6.45, 7) is 2.43. The lowest BCUT2D eigenvalue weighted by Crippen LogP contribution is -2.46. The zero-order valence-electron chi connectivity index (χ0n) is 15.9. The normalized spacial score (nSPS) is 15.8. The molecule has 0 spiro atoms. The molecule has 1 aromatic carbocycles. The number of amides is 2. The zero-order valence-corrected chi connectivity index (χ0v) is 16.7. The van der Waals surface area contributed by atoms with Crippen LogP contribution in [0.15, 0.2) is 45.9 Å². The van der Waals surface area contributed by atoms with Crippen molar-refractivity contribution in [2.45, 2.75) is 36.2 Å². The summed E-state index contributed by atoms with van der Waals surface area (Å²) in [5.41, 5.74) is -4.60. The first-order valence-corrected chi connectivity index (χ1v) is 10.5. The van der Waals surface area contributed by atoms with Gasteiger partial charge in [-0.25, -0.2) is 8.42 Å². The van der Waals surface area contributed by atoms with Crippen LogP contribution in [0.4, 0.5) is 13.2 Å². The number of benzene rings is 1. The lowest BCUT2D eigenvalue weighted by molar-refractivity contribution is -0.0436. The SMILES string of the molecule is Cc1ccoc1C(=O)NC1CCN(C(=O)c2ccc(S(=O)(=O)C(F)(F)F)cc2)CC1. The number of alkyl halides is 3. The van der Waals surface area contributed by atoms with E-state index in [0.29, 0.717) is 25.9 Å². The Kier molecular flexibility index (Phi) is 5.93. The molecule has 2 aromatic rings. The number of nitrogens with zero attached hydrogens (tertiary/aromatic N) is 1. The molecule has 1 fully saturated rings. The maximum Gasteiger partial charge on any atom is 0.501 e. The first-order chi connectivity index (χ1) is 14.0. The van der Waals surface area contributed by atoms with Gasteiger partial charge in [0.1, 0.15) is 0 Å². The smallest absolute Gasteiger partial charge is 0.459 e. The molecule has 162 valence electrons. The summed E-state index contributed by atoms with van der Waals surface area (Å²) in [5.74, 6) is -0.510. The largest absolute Gasteiger partial charge is 0.501 e. The summed E-state index contributed by atoms with van der Waals surface area (Å²) in [4.78, 5) is 25.4. The van der Waals surface area contributed by atoms with Crippen LogP contribution < -0.4 is 5.32 Å². The molecule has 1 aromatic heterocycles. The van der Waals surface area contributed by atoms with E-state index in [0.717, 1.165) is 29.8 Å². The molecule has 0 aliphatic carbocycles. The Hall–Kier alpha value is -2.82. The van der Waals surface area contributed by atoms with Crippen molar-refractivity contribution in [2.75, 3.05) is 13.1 Å². The van der Waals surface area contributed by atoms with E-state index in [9.17, 15) is 31.2 Å². The highest BCUT2D eigenvalue weighted by Gasteiger charge is 2.46. The van der Waals surface area contributed by atoms with Crippen LogP contribution in [0.2, 0.25) is 0 Å². The Morgan fingerprint density at radius 1 is 1.10 bits per heavy atom. The van der Waals surface area contributed by atoms with Gasteiger partial charge in [-0.15, -0.1) is 0 Å². The number of piperidine rings is 1. The number of likely N-dealkylation sites (tertiary alicyclic amines) is 1. The van der Waals surface area contributed by atoms with Gasteiger partial charge in [0.05, 0.1) is 11.2 Å². The van der Waals surface area contributed by atoms with Crippen molar-refractivity contribution in [3.63, 3.8) is 0 Å². The zero-order chi connectivity index (χ0) is 22.1. The minimum absolute atomic E-state index is 0.0878. The molecular formula is C19H19F3N2O5S. The van der Waals surface area contributed by atoms with Crippen molar-refractivity contribution in [3.05, 3.63) is 53.5 Å². The first kappa shape index (κ1) is 21.9. The van der Waals surface area contributed by atoms with Crippen LogP contribution >= 0.6 is 0 Å². The van der Waals surface area contributed by atoms with Gasteiger partial charge < -0.3 is 14.6 Å². The second-order valence-electron chi connectivity index (χ2n) is 6.95. The fraction of sp³-hybridized carbons (Fsp3) is 0.368. The highest BCUT2D eigenvalue weighted by Crippen LogP contribution is 2.30. The predicted molar refractivity (Wildman–Crippen MR) is 99.5 cm³/mol. The van der Waals surface area contributed by atoms with Crippen molar-refractivity contribution < 1.29 is 35.6 Å². The van der Waals surface area contributed by atoms with E-state index in [2.05, 4.69) is 5.32 Å². The molecule has 0 radical (unpaired) electrons. The first-order valence-electron chi connectivity index (χ1n) is 9.06. The van der Waals surface area contributed by atoms with Crippen LogP contribution in [0.1, 0.15) is 39.3 Å². The van der Waals surface area contributed by atoms with E-state index in [1.165, 1.54) is 11.2 Å². The summed E-state index contributed by atoms with van der Waals surface area (Å²) in [7, 11) is -5.46. The van der Waals surface area contributed by atoms with Gasteiger partial charge in [-0.05, 0) is 50.1 Å². The number of halogens is 3. The molecule has 1 aliphatic rings. The fourth-order valence-corrected chi connectivity index (χ4v) is 3.94. The molecule has 0 unspecified atom stereocenters. The number of carbonyl (C=O) groups is 2. The lowest BCUT2D eigenvalue weighted by Gasteiger charge is -2.32. The monoisotopic (exact) mass is 444 g/mol. The minimum atomic E-state index is -5.46. The van der Waals surface area contributed by atoms with Crippen LogP contribution in [-0.2, 0) is 9.84 Å². The van der Waals surface area contributed by atoms with Gasteiger partial charge in [0.25, 0.3) is 21.7 Å². The topological polar surface area (TPSA) is 96.7 Å². The molecule has 1 saturated heterocycles. The Bertz CT molecular complexity index is 1040. The van der Waals surface area contributed by atoms with Crippen LogP contribution in [0.5, 0.6) is 0 Å². The summed E-state index contributed by atoms with van der Waals surface area (Å²) >= 11 is 0. The van der Waals surface area contributed by atoms with Gasteiger partial charge in [-0.1, -0.05) is 0 Å². The van der Waals surface area contributed by atoms with Gasteiger partial charge >= 0.3 is 5.51 Å². The fourth-order valence-electron chi connectivity index (χ4n) is 3.18. The number of rotatable bonds is 4. The molecule has 2 heterocycles. The Morgan fingerprint density at radius 3 is 2.20 bits per heavy atom. The molecular weight excluding hydrogens is 425 g/mol. The molecule has 30 heavy (non-hydrogen) atoms.